The number of benzene rings is 2. The number of rotatable bonds is 3. The van der Waals surface area contributed by atoms with Gasteiger partial charge in [0.05, 0.1) is 0 Å². The first-order chi connectivity index (χ1) is 8.81. The van der Waals surface area contributed by atoms with E-state index >= 15 is 0 Å². The Bertz CT molecular complexity index is 466. The third-order valence-electron chi connectivity index (χ3n) is 2.71. The number of anilines is 1. The fraction of sp³-hybridized carbons (Fsp3) is 0.250. The molecule has 0 amide bonds. The van der Waals surface area contributed by atoms with Crippen LogP contribution in [-0.4, -0.2) is 7.41 Å². The van der Waals surface area contributed by atoms with Crippen molar-refractivity contribution in [3.05, 3.63) is 54.1 Å². The molecule has 18 heavy (non-hydrogen) atoms. The highest BCUT2D eigenvalue weighted by Gasteiger charge is 2.01. The van der Waals surface area contributed by atoms with Crippen molar-refractivity contribution in [2.45, 2.75) is 27.6 Å². The largest absolute Gasteiger partial charge is 0.431 e. The summed E-state index contributed by atoms with van der Waals surface area (Å²) in [5.41, 5.74) is 5.05. The SMILES string of the molecule is CBNc1cc(-c2ccccc2)ccc1C.CC. The van der Waals surface area contributed by atoms with Crippen molar-refractivity contribution in [2.24, 2.45) is 0 Å². The summed E-state index contributed by atoms with van der Waals surface area (Å²) in [5, 5.41) is 3.39. The zero-order chi connectivity index (χ0) is 13.4. The Hall–Kier alpha value is -1.70. The van der Waals surface area contributed by atoms with Gasteiger partial charge in [0.25, 0.3) is 0 Å². The molecule has 0 aliphatic heterocycles. The van der Waals surface area contributed by atoms with Crippen molar-refractivity contribution in [3.63, 3.8) is 0 Å². The van der Waals surface area contributed by atoms with E-state index in [2.05, 4.69) is 61.4 Å². The van der Waals surface area contributed by atoms with E-state index in [0.29, 0.717) is 0 Å². The lowest BCUT2D eigenvalue weighted by molar-refractivity contribution is 1.46. The zero-order valence-electron chi connectivity index (χ0n) is 11.8. The third kappa shape index (κ3) is 3.66. The lowest BCUT2D eigenvalue weighted by atomic mass is 9.96. The Balaban J connectivity index is 0.000000771. The topological polar surface area (TPSA) is 12.0 Å². The first-order valence-corrected chi connectivity index (χ1v) is 6.71. The molecule has 94 valence electrons. The Morgan fingerprint density at radius 1 is 0.889 bits per heavy atom. The summed E-state index contributed by atoms with van der Waals surface area (Å²) in [4.78, 5) is 0. The van der Waals surface area contributed by atoms with Crippen molar-refractivity contribution in [1.29, 1.82) is 0 Å². The molecule has 2 aromatic carbocycles. The maximum Gasteiger partial charge on any atom is 0.229 e. The second kappa shape index (κ2) is 7.60. The van der Waals surface area contributed by atoms with E-state index in [0.717, 1.165) is 7.41 Å². The molecule has 0 spiro atoms. The van der Waals surface area contributed by atoms with E-state index in [1.807, 2.05) is 19.9 Å². The maximum absolute atomic E-state index is 3.39. The highest BCUT2D eigenvalue weighted by molar-refractivity contribution is 6.38. The van der Waals surface area contributed by atoms with Gasteiger partial charge in [-0.3, -0.25) is 0 Å². The lowest BCUT2D eigenvalue weighted by Crippen LogP contribution is -2.02. The molecule has 0 aromatic heterocycles. The van der Waals surface area contributed by atoms with Crippen molar-refractivity contribution in [1.82, 2.24) is 0 Å². The smallest absolute Gasteiger partial charge is 0.229 e. The molecule has 0 unspecified atom stereocenters. The Morgan fingerprint density at radius 2 is 1.56 bits per heavy atom. The van der Waals surface area contributed by atoms with Crippen LogP contribution in [0.15, 0.2) is 48.5 Å². The lowest BCUT2D eigenvalue weighted by Gasteiger charge is -2.10. The second-order valence-electron chi connectivity index (χ2n) is 3.93. The number of hydrogen-bond donors (Lipinski definition) is 1. The average molecular weight is 239 g/mol. The van der Waals surface area contributed by atoms with E-state index in [-0.39, 0.29) is 0 Å². The predicted molar refractivity (Wildman–Crippen MR) is 84.6 cm³/mol. The summed E-state index contributed by atoms with van der Waals surface area (Å²) in [5.74, 6) is 0. The molecule has 0 radical (unpaired) electrons. The predicted octanol–water partition coefficient (Wildman–Crippen LogP) is 4.50. The minimum absolute atomic E-state index is 0.957. The average Bonchev–Trinajstić information content (AvgIpc) is 2.45. The molecular formula is C16H22BN. The van der Waals surface area contributed by atoms with Crippen molar-refractivity contribution >= 4 is 13.1 Å². The molecule has 0 heterocycles. The summed E-state index contributed by atoms with van der Waals surface area (Å²) >= 11 is 0. The molecule has 1 nitrogen and oxygen atoms in total. The van der Waals surface area contributed by atoms with Gasteiger partial charge < -0.3 is 5.23 Å². The van der Waals surface area contributed by atoms with Gasteiger partial charge >= 0.3 is 0 Å². The van der Waals surface area contributed by atoms with Crippen LogP contribution in [0.3, 0.4) is 0 Å². The molecule has 0 aliphatic carbocycles. The van der Waals surface area contributed by atoms with E-state index in [9.17, 15) is 0 Å². The third-order valence-corrected chi connectivity index (χ3v) is 2.71. The van der Waals surface area contributed by atoms with Gasteiger partial charge in [-0.2, -0.15) is 0 Å². The molecule has 0 aliphatic rings. The highest BCUT2D eigenvalue weighted by atomic mass is 14.8. The number of aryl methyl sites for hydroxylation is 1. The Labute approximate surface area is 112 Å². The fourth-order valence-corrected chi connectivity index (χ4v) is 1.81. The normalized spacial score (nSPS) is 9.11. The van der Waals surface area contributed by atoms with E-state index in [1.165, 1.54) is 22.4 Å². The van der Waals surface area contributed by atoms with Crippen LogP contribution in [0.2, 0.25) is 6.82 Å². The van der Waals surface area contributed by atoms with Crippen LogP contribution >= 0.6 is 0 Å². The monoisotopic (exact) mass is 239 g/mol. The Kier molecular flexibility index (Phi) is 6.06. The van der Waals surface area contributed by atoms with E-state index < -0.39 is 0 Å². The molecule has 2 aromatic rings. The van der Waals surface area contributed by atoms with Crippen molar-refractivity contribution < 1.29 is 0 Å². The molecule has 0 atom stereocenters. The molecule has 2 rings (SSSR count). The quantitative estimate of drug-likeness (QED) is 0.777. The summed E-state index contributed by atoms with van der Waals surface area (Å²) in [6.07, 6.45) is 0. The van der Waals surface area contributed by atoms with E-state index in [1.54, 1.807) is 0 Å². The number of hydrogen-bond acceptors (Lipinski definition) is 1. The van der Waals surface area contributed by atoms with Crippen LogP contribution in [0.25, 0.3) is 11.1 Å². The van der Waals surface area contributed by atoms with Crippen LogP contribution in [0, 0.1) is 6.92 Å². The first-order valence-electron chi connectivity index (χ1n) is 6.71. The Morgan fingerprint density at radius 3 is 2.17 bits per heavy atom. The van der Waals surface area contributed by atoms with Crippen LogP contribution < -0.4 is 5.23 Å². The summed E-state index contributed by atoms with van der Waals surface area (Å²) in [6.45, 7) is 8.25. The van der Waals surface area contributed by atoms with Crippen LogP contribution in [-0.2, 0) is 0 Å². The standard InChI is InChI=1S/C14H16BN.C2H6/c1-11-8-9-13(10-14(11)16-15-2)12-6-4-3-5-7-12;1-2/h3-10,15-16H,1-2H3;1-2H3. The maximum atomic E-state index is 3.39. The fourth-order valence-electron chi connectivity index (χ4n) is 1.81. The van der Waals surface area contributed by atoms with Gasteiger partial charge in [-0.25, -0.2) is 0 Å². The van der Waals surface area contributed by atoms with Crippen LogP contribution in [0.1, 0.15) is 19.4 Å². The second-order valence-corrected chi connectivity index (χ2v) is 3.93. The molecule has 0 saturated carbocycles. The van der Waals surface area contributed by atoms with Gasteiger partial charge in [0.1, 0.15) is 0 Å². The molecule has 2 heteroatoms. The van der Waals surface area contributed by atoms with Gasteiger partial charge in [-0.15, -0.1) is 0 Å². The van der Waals surface area contributed by atoms with Gasteiger partial charge in [-0.1, -0.05) is 63.1 Å². The van der Waals surface area contributed by atoms with Gasteiger partial charge in [-0.05, 0) is 29.7 Å². The van der Waals surface area contributed by atoms with Gasteiger partial charge in [0.2, 0.25) is 7.41 Å². The van der Waals surface area contributed by atoms with Gasteiger partial charge in [0.15, 0.2) is 0 Å². The first kappa shape index (κ1) is 14.4. The summed E-state index contributed by atoms with van der Waals surface area (Å²) in [7, 11) is 0.957. The van der Waals surface area contributed by atoms with Crippen LogP contribution in [0.5, 0.6) is 0 Å². The number of nitrogens with one attached hydrogen (secondary N) is 1. The summed E-state index contributed by atoms with van der Waals surface area (Å²) < 4.78 is 0. The molecular weight excluding hydrogens is 217 g/mol. The van der Waals surface area contributed by atoms with E-state index in [4.69, 9.17) is 0 Å². The van der Waals surface area contributed by atoms with Gasteiger partial charge in [0, 0.05) is 5.69 Å². The minimum atomic E-state index is 0.957. The molecule has 1 N–H and O–H groups in total. The molecule has 0 bridgehead atoms. The molecule has 0 saturated heterocycles. The van der Waals surface area contributed by atoms with Crippen molar-refractivity contribution in [3.8, 4) is 11.1 Å². The van der Waals surface area contributed by atoms with Crippen molar-refractivity contribution in [2.75, 3.05) is 5.23 Å². The zero-order valence-corrected chi connectivity index (χ0v) is 11.8. The highest BCUT2D eigenvalue weighted by Crippen LogP contribution is 2.24. The van der Waals surface area contributed by atoms with Crippen LogP contribution in [0.4, 0.5) is 5.69 Å². The minimum Gasteiger partial charge on any atom is -0.431 e. The molecule has 0 fully saturated rings. The summed E-state index contributed by atoms with van der Waals surface area (Å²) in [6, 6.07) is 17.0.